The van der Waals surface area contributed by atoms with Gasteiger partial charge in [-0.1, -0.05) is 12.1 Å². The van der Waals surface area contributed by atoms with Crippen molar-refractivity contribution in [1.82, 2.24) is 4.90 Å². The van der Waals surface area contributed by atoms with Crippen LogP contribution in [0.25, 0.3) is 11.0 Å². The second-order valence-electron chi connectivity index (χ2n) is 7.68. The number of non-ortho nitro benzene ring substituents is 1. The first-order chi connectivity index (χ1) is 16.4. The van der Waals surface area contributed by atoms with E-state index < -0.39 is 28.4 Å². The van der Waals surface area contributed by atoms with Crippen molar-refractivity contribution >= 4 is 28.3 Å². The lowest BCUT2D eigenvalue weighted by molar-refractivity contribution is -0.384. The van der Waals surface area contributed by atoms with E-state index in [9.17, 15) is 24.8 Å². The van der Waals surface area contributed by atoms with E-state index in [0.717, 1.165) is 0 Å². The van der Waals surface area contributed by atoms with Crippen LogP contribution in [-0.2, 0) is 9.53 Å². The number of nitro benzene ring substituents is 1. The Labute approximate surface area is 194 Å². The van der Waals surface area contributed by atoms with Gasteiger partial charge < -0.3 is 23.9 Å². The number of Topliss-reactive ketones (excluding diaryl/α,β-unsaturated/α-hetero) is 1. The Morgan fingerprint density at radius 2 is 1.94 bits per heavy atom. The van der Waals surface area contributed by atoms with Crippen molar-refractivity contribution in [3.8, 4) is 5.75 Å². The zero-order valence-electron chi connectivity index (χ0n) is 18.5. The molecule has 34 heavy (non-hydrogen) atoms. The Balaban J connectivity index is 1.78. The average molecular weight is 466 g/mol. The molecule has 1 N–H and O–H groups in total. The maximum atomic E-state index is 13.5. The van der Waals surface area contributed by atoms with Crippen LogP contribution < -0.4 is 4.74 Å². The normalized spacial score (nSPS) is 15.9. The summed E-state index contributed by atoms with van der Waals surface area (Å²) < 4.78 is 16.1. The first-order valence-corrected chi connectivity index (χ1v) is 10.5. The summed E-state index contributed by atoms with van der Waals surface area (Å²) in [6, 6.07) is 11.3. The standard InChI is InChI=1S/C24H22N2O8/c1-32-12-4-11-25-20(14-7-9-16(10-8-14)26(30)31)19(22(28)24(25)29)21(27)18-13-15-5-3-6-17(33-2)23(15)34-18/h3,5-10,13,20,28H,4,11-12H2,1-2H3/t20-/m0/s1. The van der Waals surface area contributed by atoms with E-state index in [-0.39, 0.29) is 23.6 Å². The van der Waals surface area contributed by atoms with Crippen LogP contribution in [0.3, 0.4) is 0 Å². The largest absolute Gasteiger partial charge is 0.503 e. The molecule has 10 nitrogen and oxygen atoms in total. The van der Waals surface area contributed by atoms with Crippen LogP contribution >= 0.6 is 0 Å². The van der Waals surface area contributed by atoms with Gasteiger partial charge in [0.05, 0.1) is 23.6 Å². The topological polar surface area (TPSA) is 132 Å². The van der Waals surface area contributed by atoms with E-state index in [4.69, 9.17) is 13.9 Å². The molecule has 1 amide bonds. The highest BCUT2D eigenvalue weighted by Gasteiger charge is 2.44. The molecular formula is C24H22N2O8. The van der Waals surface area contributed by atoms with E-state index in [1.807, 2.05) is 0 Å². The lowest BCUT2D eigenvalue weighted by atomic mass is 9.94. The zero-order chi connectivity index (χ0) is 24.4. The zero-order valence-corrected chi connectivity index (χ0v) is 18.5. The number of furan rings is 1. The summed E-state index contributed by atoms with van der Waals surface area (Å²) in [6.45, 7) is 0.563. The van der Waals surface area contributed by atoms with Gasteiger partial charge >= 0.3 is 0 Å². The molecule has 0 fully saturated rings. The Kier molecular flexibility index (Phi) is 6.33. The molecule has 3 aromatic rings. The van der Waals surface area contributed by atoms with Gasteiger partial charge in [-0.05, 0) is 36.2 Å². The van der Waals surface area contributed by atoms with Crippen LogP contribution in [0.4, 0.5) is 5.69 Å². The van der Waals surface area contributed by atoms with Gasteiger partial charge in [-0.2, -0.15) is 0 Å². The van der Waals surface area contributed by atoms with Crippen molar-refractivity contribution in [2.45, 2.75) is 12.5 Å². The number of aliphatic hydroxyl groups excluding tert-OH is 1. The van der Waals surface area contributed by atoms with E-state index >= 15 is 0 Å². The number of methoxy groups -OCH3 is 2. The summed E-state index contributed by atoms with van der Waals surface area (Å²) in [6.07, 6.45) is 0.461. The third-order valence-corrected chi connectivity index (χ3v) is 5.67. The molecule has 0 aliphatic carbocycles. The molecule has 0 unspecified atom stereocenters. The van der Waals surface area contributed by atoms with Crippen LogP contribution in [0.2, 0.25) is 0 Å². The number of hydrogen-bond acceptors (Lipinski definition) is 8. The number of carbonyl (C=O) groups excluding carboxylic acids is 2. The Hall–Kier alpha value is -4.18. The summed E-state index contributed by atoms with van der Waals surface area (Å²) >= 11 is 0. The summed E-state index contributed by atoms with van der Waals surface area (Å²) in [5.41, 5.74) is 0.512. The van der Waals surface area contributed by atoms with Crippen molar-refractivity contribution in [1.29, 1.82) is 0 Å². The smallest absolute Gasteiger partial charge is 0.290 e. The number of amides is 1. The minimum absolute atomic E-state index is 0.0699. The number of fused-ring (bicyclic) bond motifs is 1. The van der Waals surface area contributed by atoms with Crippen LogP contribution in [0.5, 0.6) is 5.75 Å². The number of rotatable bonds is 9. The number of carbonyl (C=O) groups is 2. The van der Waals surface area contributed by atoms with Crippen molar-refractivity contribution in [2.75, 3.05) is 27.4 Å². The third-order valence-electron chi connectivity index (χ3n) is 5.67. The van der Waals surface area contributed by atoms with Crippen molar-refractivity contribution in [3.63, 3.8) is 0 Å². The van der Waals surface area contributed by atoms with Crippen molar-refractivity contribution in [2.24, 2.45) is 0 Å². The minimum Gasteiger partial charge on any atom is -0.503 e. The highest BCUT2D eigenvalue weighted by molar-refractivity contribution is 6.16. The molecule has 2 aromatic carbocycles. The summed E-state index contributed by atoms with van der Waals surface area (Å²) in [5.74, 6) is -1.69. The molecule has 0 radical (unpaired) electrons. The number of para-hydroxylation sites is 1. The maximum Gasteiger partial charge on any atom is 0.290 e. The number of aliphatic hydroxyl groups is 1. The molecule has 2 heterocycles. The van der Waals surface area contributed by atoms with Gasteiger partial charge in [-0.25, -0.2) is 0 Å². The predicted molar refractivity (Wildman–Crippen MR) is 121 cm³/mol. The fraction of sp³-hybridized carbons (Fsp3) is 0.250. The fourth-order valence-corrected chi connectivity index (χ4v) is 4.06. The Morgan fingerprint density at radius 3 is 2.59 bits per heavy atom. The number of hydrogen-bond donors (Lipinski definition) is 1. The first kappa shape index (κ1) is 23.0. The van der Waals surface area contributed by atoms with Gasteiger partial charge in [0.1, 0.15) is 0 Å². The lowest BCUT2D eigenvalue weighted by Gasteiger charge is -2.26. The van der Waals surface area contributed by atoms with E-state index in [2.05, 4.69) is 0 Å². The predicted octanol–water partition coefficient (Wildman–Crippen LogP) is 3.96. The molecule has 0 saturated heterocycles. The third kappa shape index (κ3) is 3.99. The average Bonchev–Trinajstić information content (AvgIpc) is 3.38. The van der Waals surface area contributed by atoms with Gasteiger partial charge in [0.15, 0.2) is 22.9 Å². The quantitative estimate of drug-likeness (QED) is 0.217. The number of benzene rings is 2. The second kappa shape index (κ2) is 9.36. The molecule has 1 aliphatic rings. The van der Waals surface area contributed by atoms with E-state index in [0.29, 0.717) is 35.3 Å². The fourth-order valence-electron chi connectivity index (χ4n) is 4.06. The molecule has 176 valence electrons. The number of ether oxygens (including phenoxy) is 2. The Bertz CT molecular complexity index is 1290. The highest BCUT2D eigenvalue weighted by atomic mass is 16.6. The summed E-state index contributed by atoms with van der Waals surface area (Å²) in [5, 5.41) is 22.4. The molecule has 0 saturated carbocycles. The molecule has 10 heteroatoms. The van der Waals surface area contributed by atoms with Crippen LogP contribution in [-0.4, -0.2) is 54.0 Å². The SMILES string of the molecule is COCCCN1C(=O)C(O)=C(C(=O)c2cc3cccc(OC)c3o2)[C@@H]1c1ccc([N+](=O)[O-])cc1. The highest BCUT2D eigenvalue weighted by Crippen LogP contribution is 2.40. The molecule has 0 spiro atoms. The van der Waals surface area contributed by atoms with Gasteiger partial charge in [0.2, 0.25) is 5.78 Å². The van der Waals surface area contributed by atoms with Gasteiger partial charge in [0.25, 0.3) is 11.6 Å². The van der Waals surface area contributed by atoms with Crippen LogP contribution in [0.1, 0.15) is 28.6 Å². The van der Waals surface area contributed by atoms with Gasteiger partial charge in [-0.3, -0.25) is 19.7 Å². The molecular weight excluding hydrogens is 444 g/mol. The molecule has 1 aliphatic heterocycles. The summed E-state index contributed by atoms with van der Waals surface area (Å²) in [4.78, 5) is 38.4. The van der Waals surface area contributed by atoms with Gasteiger partial charge in [-0.15, -0.1) is 0 Å². The molecule has 0 bridgehead atoms. The molecule has 4 rings (SSSR count). The summed E-state index contributed by atoms with van der Waals surface area (Å²) in [7, 11) is 3.01. The Morgan fingerprint density at radius 1 is 1.21 bits per heavy atom. The lowest BCUT2D eigenvalue weighted by Crippen LogP contribution is -2.32. The van der Waals surface area contributed by atoms with Crippen molar-refractivity contribution in [3.05, 3.63) is 81.3 Å². The number of nitro groups is 1. The molecule has 1 aromatic heterocycles. The maximum absolute atomic E-state index is 13.5. The van der Waals surface area contributed by atoms with Gasteiger partial charge in [0, 0.05) is 37.8 Å². The first-order valence-electron chi connectivity index (χ1n) is 10.5. The monoisotopic (exact) mass is 466 g/mol. The van der Waals surface area contributed by atoms with Crippen LogP contribution in [0, 0.1) is 10.1 Å². The molecule has 1 atom stereocenters. The van der Waals surface area contributed by atoms with Crippen LogP contribution in [0.15, 0.2) is 64.3 Å². The minimum atomic E-state index is -0.951. The number of nitrogens with zero attached hydrogens (tertiary/aromatic N) is 2. The van der Waals surface area contributed by atoms with E-state index in [1.165, 1.54) is 49.5 Å². The number of ketones is 1. The van der Waals surface area contributed by atoms with Crippen molar-refractivity contribution < 1.29 is 33.5 Å². The van der Waals surface area contributed by atoms with E-state index in [1.54, 1.807) is 18.2 Å². The second-order valence-corrected chi connectivity index (χ2v) is 7.68.